The molecule has 0 radical (unpaired) electrons. The van der Waals surface area contributed by atoms with Crippen molar-refractivity contribution in [2.24, 2.45) is 0 Å². The number of nitrogens with zero attached hydrogens (tertiary/aromatic N) is 2. The van der Waals surface area contributed by atoms with E-state index in [0.29, 0.717) is 25.7 Å². The third-order valence-electron chi connectivity index (χ3n) is 3.84. The van der Waals surface area contributed by atoms with Gasteiger partial charge in [0, 0.05) is 12.8 Å². The summed E-state index contributed by atoms with van der Waals surface area (Å²) in [5.41, 5.74) is 0.349. The SMILES string of the molecule is CCCCC/C(=C\C/C=C\C/C=C(\C/C=C\CCCC=O)[N+](=O)[O-])[N+](=O)[O-]. The fourth-order valence-corrected chi connectivity index (χ4v) is 2.30. The molecule has 0 saturated carbocycles. The molecule has 0 aromatic heterocycles. The minimum Gasteiger partial charge on any atom is -0.303 e. The van der Waals surface area contributed by atoms with E-state index in [4.69, 9.17) is 0 Å². The van der Waals surface area contributed by atoms with Crippen LogP contribution in [0.25, 0.3) is 0 Å². The van der Waals surface area contributed by atoms with E-state index in [1.807, 2.05) is 6.08 Å². The van der Waals surface area contributed by atoms with Crippen molar-refractivity contribution in [3.05, 3.63) is 68.1 Å². The number of carbonyl (C=O) groups excluding carboxylic acids is 1. The van der Waals surface area contributed by atoms with Crippen LogP contribution < -0.4 is 0 Å². The van der Waals surface area contributed by atoms with Crippen LogP contribution >= 0.6 is 0 Å². The van der Waals surface area contributed by atoms with Gasteiger partial charge in [0.15, 0.2) is 0 Å². The molecule has 0 aliphatic carbocycles. The Bertz CT molecular complexity index is 577. The highest BCUT2D eigenvalue weighted by Gasteiger charge is 2.08. The summed E-state index contributed by atoms with van der Waals surface area (Å²) in [7, 11) is 0. The largest absolute Gasteiger partial charge is 0.303 e. The van der Waals surface area contributed by atoms with Crippen LogP contribution in [0.3, 0.4) is 0 Å². The fraction of sp³-hybridized carbons (Fsp3) is 0.550. The number of unbranched alkanes of at least 4 members (excludes halogenated alkanes) is 4. The number of carbonyl (C=O) groups is 1. The Morgan fingerprint density at radius 3 is 2.00 bits per heavy atom. The molecular formula is C20H30N2O5. The number of rotatable bonds is 16. The van der Waals surface area contributed by atoms with Gasteiger partial charge < -0.3 is 4.79 Å². The molecule has 0 atom stereocenters. The van der Waals surface area contributed by atoms with Crippen molar-refractivity contribution in [3.63, 3.8) is 0 Å². The molecular weight excluding hydrogens is 348 g/mol. The molecule has 0 aromatic carbocycles. The second-order valence-corrected chi connectivity index (χ2v) is 6.08. The van der Waals surface area contributed by atoms with E-state index < -0.39 is 4.92 Å². The Balaban J connectivity index is 4.41. The molecule has 0 aliphatic heterocycles. The summed E-state index contributed by atoms with van der Waals surface area (Å²) in [6.45, 7) is 2.05. The molecule has 0 N–H and O–H groups in total. The summed E-state index contributed by atoms with van der Waals surface area (Å²) in [6, 6.07) is 0. The Morgan fingerprint density at radius 2 is 1.44 bits per heavy atom. The first-order chi connectivity index (χ1) is 13.0. The van der Waals surface area contributed by atoms with Crippen LogP contribution in [0.1, 0.15) is 71.1 Å². The van der Waals surface area contributed by atoms with Gasteiger partial charge in [-0.25, -0.2) is 0 Å². The van der Waals surface area contributed by atoms with Crippen LogP contribution in [0.15, 0.2) is 47.9 Å². The zero-order chi connectivity index (χ0) is 20.3. The molecule has 0 aliphatic rings. The number of nitro groups is 2. The number of hydrogen-bond acceptors (Lipinski definition) is 5. The normalized spacial score (nSPS) is 12.8. The van der Waals surface area contributed by atoms with Gasteiger partial charge in [0.1, 0.15) is 6.29 Å². The predicted molar refractivity (Wildman–Crippen MR) is 106 cm³/mol. The molecule has 0 bridgehead atoms. The van der Waals surface area contributed by atoms with Crippen molar-refractivity contribution in [3.8, 4) is 0 Å². The molecule has 27 heavy (non-hydrogen) atoms. The molecule has 150 valence electrons. The highest BCUT2D eigenvalue weighted by atomic mass is 16.6. The molecule has 0 rings (SSSR count). The molecule has 0 aromatic rings. The maximum atomic E-state index is 11.0. The van der Waals surface area contributed by atoms with E-state index in [-0.39, 0.29) is 22.7 Å². The minimum absolute atomic E-state index is 0.118. The van der Waals surface area contributed by atoms with E-state index in [1.165, 1.54) is 0 Å². The van der Waals surface area contributed by atoms with Gasteiger partial charge in [0.2, 0.25) is 11.4 Å². The van der Waals surface area contributed by atoms with E-state index in [9.17, 15) is 25.0 Å². The molecule has 0 spiro atoms. The second kappa shape index (κ2) is 16.9. The van der Waals surface area contributed by atoms with Crippen molar-refractivity contribution in [2.45, 2.75) is 71.1 Å². The average Bonchev–Trinajstić information content (AvgIpc) is 2.63. The van der Waals surface area contributed by atoms with E-state index in [2.05, 4.69) is 6.92 Å². The van der Waals surface area contributed by atoms with Crippen molar-refractivity contribution in [2.75, 3.05) is 0 Å². The summed E-state index contributed by atoms with van der Waals surface area (Å²) in [6.07, 6.45) is 17.5. The average molecular weight is 378 g/mol. The lowest BCUT2D eigenvalue weighted by atomic mass is 10.1. The smallest absolute Gasteiger partial charge is 0.246 e. The Labute approximate surface area is 160 Å². The zero-order valence-electron chi connectivity index (χ0n) is 16.0. The maximum Gasteiger partial charge on any atom is 0.246 e. The Hall–Kier alpha value is -2.57. The van der Waals surface area contributed by atoms with Crippen molar-refractivity contribution < 1.29 is 14.6 Å². The quantitative estimate of drug-likeness (QED) is 0.115. The molecule has 0 fully saturated rings. The van der Waals surface area contributed by atoms with Gasteiger partial charge in [-0.3, -0.25) is 20.2 Å². The first-order valence-corrected chi connectivity index (χ1v) is 9.43. The summed E-state index contributed by atoms with van der Waals surface area (Å²) in [4.78, 5) is 31.4. The van der Waals surface area contributed by atoms with Crippen LogP contribution in [0, 0.1) is 20.2 Å². The number of aldehydes is 1. The van der Waals surface area contributed by atoms with Crippen molar-refractivity contribution in [1.29, 1.82) is 0 Å². The van der Waals surface area contributed by atoms with Gasteiger partial charge in [-0.1, -0.05) is 44.1 Å². The van der Waals surface area contributed by atoms with Gasteiger partial charge >= 0.3 is 0 Å². The lowest BCUT2D eigenvalue weighted by Crippen LogP contribution is -1.98. The zero-order valence-corrected chi connectivity index (χ0v) is 16.0. The van der Waals surface area contributed by atoms with E-state index in [0.717, 1.165) is 38.4 Å². The second-order valence-electron chi connectivity index (χ2n) is 6.08. The Kier molecular flexibility index (Phi) is 15.3. The van der Waals surface area contributed by atoms with Gasteiger partial charge in [-0.2, -0.15) is 0 Å². The van der Waals surface area contributed by atoms with Crippen molar-refractivity contribution in [1.82, 2.24) is 0 Å². The molecule has 0 saturated heterocycles. The van der Waals surface area contributed by atoms with Crippen LogP contribution in [-0.2, 0) is 4.79 Å². The molecule has 0 heterocycles. The van der Waals surface area contributed by atoms with Crippen LogP contribution in [0.2, 0.25) is 0 Å². The third kappa shape index (κ3) is 14.3. The number of allylic oxidation sites excluding steroid dienone is 7. The lowest BCUT2D eigenvalue weighted by Gasteiger charge is -1.97. The Morgan fingerprint density at radius 1 is 0.815 bits per heavy atom. The minimum atomic E-state index is -0.401. The third-order valence-corrected chi connectivity index (χ3v) is 3.84. The van der Waals surface area contributed by atoms with Crippen molar-refractivity contribution >= 4 is 6.29 Å². The fourth-order valence-electron chi connectivity index (χ4n) is 2.30. The molecule has 0 amide bonds. The lowest BCUT2D eigenvalue weighted by molar-refractivity contribution is -0.428. The predicted octanol–water partition coefficient (Wildman–Crippen LogP) is 5.54. The van der Waals surface area contributed by atoms with Gasteiger partial charge in [0.05, 0.1) is 16.3 Å². The molecule has 7 heteroatoms. The highest BCUT2D eigenvalue weighted by Crippen LogP contribution is 2.11. The summed E-state index contributed by atoms with van der Waals surface area (Å²) in [5, 5.41) is 22.0. The van der Waals surface area contributed by atoms with Crippen LogP contribution in [0.5, 0.6) is 0 Å². The van der Waals surface area contributed by atoms with Gasteiger partial charge in [-0.15, -0.1) is 0 Å². The van der Waals surface area contributed by atoms with Gasteiger partial charge in [0.25, 0.3) is 0 Å². The molecule has 0 unspecified atom stereocenters. The van der Waals surface area contributed by atoms with Crippen LogP contribution in [-0.4, -0.2) is 16.1 Å². The van der Waals surface area contributed by atoms with E-state index >= 15 is 0 Å². The van der Waals surface area contributed by atoms with Gasteiger partial charge in [-0.05, 0) is 44.3 Å². The maximum absolute atomic E-state index is 11.0. The first-order valence-electron chi connectivity index (χ1n) is 9.43. The monoisotopic (exact) mass is 378 g/mol. The topological polar surface area (TPSA) is 103 Å². The summed E-state index contributed by atoms with van der Waals surface area (Å²) < 4.78 is 0. The highest BCUT2D eigenvalue weighted by molar-refractivity contribution is 5.49. The van der Waals surface area contributed by atoms with E-state index in [1.54, 1.807) is 30.4 Å². The molecule has 7 nitrogen and oxygen atoms in total. The number of hydrogen-bond donors (Lipinski definition) is 0. The van der Waals surface area contributed by atoms with Crippen LogP contribution in [0.4, 0.5) is 0 Å². The standard InChI is InChI=1S/C20H30N2O5/c1-2-3-9-14-19(21(24)25)16-11-6-7-12-17-20(22(26)27)15-10-5-4-8-13-18-23/h5-7,10,16-18H,2-4,8-9,11-15H2,1H3/b7-6-,10-5-,19-16+,20-17+. The first kappa shape index (κ1) is 24.4. The summed E-state index contributed by atoms with van der Waals surface area (Å²) >= 11 is 0. The summed E-state index contributed by atoms with van der Waals surface area (Å²) in [5.74, 6) is 0.